The van der Waals surface area contributed by atoms with Crippen LogP contribution in [0.5, 0.6) is 0 Å². The van der Waals surface area contributed by atoms with Gasteiger partial charge < -0.3 is 4.57 Å². The number of hydrogen-bond acceptors (Lipinski definition) is 3. The van der Waals surface area contributed by atoms with E-state index in [2.05, 4.69) is 15.2 Å². The molecule has 4 nitrogen and oxygen atoms in total. The Balaban J connectivity index is 1.78. The van der Waals surface area contributed by atoms with Gasteiger partial charge in [0, 0.05) is 18.1 Å². The van der Waals surface area contributed by atoms with Crippen LogP contribution in [0.2, 0.25) is 0 Å². The molecule has 3 aromatic rings. The Bertz CT molecular complexity index is 655. The van der Waals surface area contributed by atoms with Crippen molar-refractivity contribution < 1.29 is 0 Å². The van der Waals surface area contributed by atoms with Crippen molar-refractivity contribution in [3.8, 4) is 5.69 Å². The highest BCUT2D eigenvalue weighted by molar-refractivity contribution is 5.45. The molecular weight excluding hydrogens is 236 g/mol. The Kier molecular flexibility index (Phi) is 3.14. The van der Waals surface area contributed by atoms with Crippen molar-refractivity contribution in [1.29, 1.82) is 0 Å². The molecule has 0 amide bonds. The predicted octanol–water partition coefficient (Wildman–Crippen LogP) is 4.29. The molecule has 0 unspecified atom stereocenters. The van der Waals surface area contributed by atoms with Crippen LogP contribution in [-0.2, 0) is 0 Å². The highest BCUT2D eigenvalue weighted by atomic mass is 15.1. The first-order chi connectivity index (χ1) is 9.42. The van der Waals surface area contributed by atoms with E-state index in [1.165, 1.54) is 0 Å². The highest BCUT2D eigenvalue weighted by Gasteiger charge is 1.95. The van der Waals surface area contributed by atoms with Crippen LogP contribution in [0, 0.1) is 0 Å². The molecule has 4 heteroatoms. The lowest BCUT2D eigenvalue weighted by molar-refractivity contribution is 1.06. The van der Waals surface area contributed by atoms with Crippen LogP contribution >= 0.6 is 0 Å². The van der Waals surface area contributed by atoms with Gasteiger partial charge in [0.25, 0.3) is 0 Å². The number of azo groups is 1. The van der Waals surface area contributed by atoms with E-state index < -0.39 is 0 Å². The molecule has 1 heterocycles. The molecule has 0 aliphatic carbocycles. The lowest BCUT2D eigenvalue weighted by atomic mass is 10.3. The van der Waals surface area contributed by atoms with Crippen molar-refractivity contribution >= 4 is 11.4 Å². The largest absolute Gasteiger partial charge is 0.306 e. The topological polar surface area (TPSA) is 42.5 Å². The quantitative estimate of drug-likeness (QED) is 0.637. The normalized spacial score (nSPS) is 10.9. The van der Waals surface area contributed by atoms with E-state index in [-0.39, 0.29) is 0 Å². The molecule has 0 aliphatic rings. The van der Waals surface area contributed by atoms with Gasteiger partial charge in [0.05, 0.1) is 17.7 Å². The summed E-state index contributed by atoms with van der Waals surface area (Å²) in [4.78, 5) is 4.02. The fraction of sp³-hybridized carbons (Fsp3) is 0. The monoisotopic (exact) mass is 248 g/mol. The zero-order valence-electron chi connectivity index (χ0n) is 10.2. The highest BCUT2D eigenvalue weighted by Crippen LogP contribution is 2.19. The molecule has 0 fully saturated rings. The van der Waals surface area contributed by atoms with Crippen LogP contribution in [0.25, 0.3) is 5.69 Å². The van der Waals surface area contributed by atoms with Gasteiger partial charge in [-0.25, -0.2) is 4.98 Å². The lowest BCUT2D eigenvalue weighted by Gasteiger charge is -2.01. The maximum absolute atomic E-state index is 4.20. The van der Waals surface area contributed by atoms with Crippen molar-refractivity contribution in [2.75, 3.05) is 0 Å². The zero-order chi connectivity index (χ0) is 12.9. The van der Waals surface area contributed by atoms with E-state index in [1.807, 2.05) is 65.4 Å². The standard InChI is InChI=1S/C15H12N4/c1-2-4-13(5-3-1)17-18-14-6-8-15(9-7-14)19-11-10-16-12-19/h1-12H. The van der Waals surface area contributed by atoms with Gasteiger partial charge >= 0.3 is 0 Å². The fourth-order valence-electron chi connectivity index (χ4n) is 1.71. The third-order valence-corrected chi connectivity index (χ3v) is 2.69. The first kappa shape index (κ1) is 11.3. The summed E-state index contributed by atoms with van der Waals surface area (Å²) >= 11 is 0. The number of hydrogen-bond donors (Lipinski definition) is 0. The van der Waals surface area contributed by atoms with Gasteiger partial charge in [0.1, 0.15) is 0 Å². The Labute approximate surface area is 111 Å². The summed E-state index contributed by atoms with van der Waals surface area (Å²) in [6, 6.07) is 17.5. The number of benzene rings is 2. The van der Waals surface area contributed by atoms with Gasteiger partial charge in [-0.3, -0.25) is 0 Å². The van der Waals surface area contributed by atoms with Crippen LogP contribution in [0.1, 0.15) is 0 Å². The summed E-state index contributed by atoms with van der Waals surface area (Å²) in [5.74, 6) is 0. The molecule has 0 N–H and O–H groups in total. The smallest absolute Gasteiger partial charge is 0.0991 e. The average Bonchev–Trinajstić information content (AvgIpc) is 3.01. The van der Waals surface area contributed by atoms with E-state index in [0.29, 0.717) is 0 Å². The second-order valence-corrected chi connectivity index (χ2v) is 4.02. The Morgan fingerprint density at radius 2 is 1.47 bits per heavy atom. The first-order valence-corrected chi connectivity index (χ1v) is 5.97. The minimum absolute atomic E-state index is 0.827. The third kappa shape index (κ3) is 2.74. The van der Waals surface area contributed by atoms with Crippen LogP contribution in [0.4, 0.5) is 11.4 Å². The molecular formula is C15H12N4. The van der Waals surface area contributed by atoms with Crippen molar-refractivity contribution in [2.24, 2.45) is 10.2 Å². The molecule has 0 atom stereocenters. The van der Waals surface area contributed by atoms with Crippen LogP contribution in [0.3, 0.4) is 0 Å². The summed E-state index contributed by atoms with van der Waals surface area (Å²) in [5.41, 5.74) is 2.73. The Morgan fingerprint density at radius 1 is 0.789 bits per heavy atom. The number of imidazole rings is 1. The molecule has 2 aromatic carbocycles. The second-order valence-electron chi connectivity index (χ2n) is 4.02. The molecule has 0 spiro atoms. The van der Waals surface area contributed by atoms with Gasteiger partial charge in [-0.15, -0.1) is 0 Å². The van der Waals surface area contributed by atoms with Gasteiger partial charge in [0.15, 0.2) is 0 Å². The van der Waals surface area contributed by atoms with E-state index in [4.69, 9.17) is 0 Å². The lowest BCUT2D eigenvalue weighted by Crippen LogP contribution is -1.87. The van der Waals surface area contributed by atoms with Crippen molar-refractivity contribution in [3.63, 3.8) is 0 Å². The van der Waals surface area contributed by atoms with Gasteiger partial charge in [-0.1, -0.05) is 18.2 Å². The second kappa shape index (κ2) is 5.27. The van der Waals surface area contributed by atoms with Gasteiger partial charge in [-0.2, -0.15) is 10.2 Å². The van der Waals surface area contributed by atoms with Crippen molar-refractivity contribution in [3.05, 3.63) is 73.3 Å². The molecule has 0 radical (unpaired) electrons. The van der Waals surface area contributed by atoms with Crippen LogP contribution < -0.4 is 0 Å². The molecule has 0 saturated carbocycles. The Morgan fingerprint density at radius 3 is 2.11 bits per heavy atom. The SMILES string of the molecule is c1ccc(N=Nc2ccc(-n3ccnc3)cc2)cc1. The Hall–Kier alpha value is -2.75. The van der Waals surface area contributed by atoms with E-state index in [0.717, 1.165) is 17.1 Å². The molecule has 0 bridgehead atoms. The molecule has 19 heavy (non-hydrogen) atoms. The first-order valence-electron chi connectivity index (χ1n) is 5.97. The van der Waals surface area contributed by atoms with Crippen molar-refractivity contribution in [2.45, 2.75) is 0 Å². The van der Waals surface area contributed by atoms with E-state index in [9.17, 15) is 0 Å². The summed E-state index contributed by atoms with van der Waals surface area (Å²) in [6.45, 7) is 0. The zero-order valence-corrected chi connectivity index (χ0v) is 10.2. The third-order valence-electron chi connectivity index (χ3n) is 2.69. The van der Waals surface area contributed by atoms with Crippen LogP contribution in [-0.4, -0.2) is 9.55 Å². The molecule has 1 aromatic heterocycles. The molecule has 92 valence electrons. The predicted molar refractivity (Wildman–Crippen MR) is 74.2 cm³/mol. The van der Waals surface area contributed by atoms with Gasteiger partial charge in [0.2, 0.25) is 0 Å². The number of rotatable bonds is 3. The van der Waals surface area contributed by atoms with Crippen LogP contribution in [0.15, 0.2) is 83.5 Å². The van der Waals surface area contributed by atoms with E-state index >= 15 is 0 Å². The maximum Gasteiger partial charge on any atom is 0.0991 e. The summed E-state index contributed by atoms with van der Waals surface area (Å²) < 4.78 is 1.94. The van der Waals surface area contributed by atoms with Crippen molar-refractivity contribution in [1.82, 2.24) is 9.55 Å². The minimum atomic E-state index is 0.827. The fourth-order valence-corrected chi connectivity index (χ4v) is 1.71. The molecule has 3 rings (SSSR count). The number of nitrogens with zero attached hydrogens (tertiary/aromatic N) is 4. The molecule has 0 saturated heterocycles. The number of aromatic nitrogens is 2. The summed E-state index contributed by atoms with van der Waals surface area (Å²) in [5, 5.41) is 8.37. The summed E-state index contributed by atoms with van der Waals surface area (Å²) in [7, 11) is 0. The molecule has 0 aliphatic heterocycles. The summed E-state index contributed by atoms with van der Waals surface area (Å²) in [6.07, 6.45) is 5.42. The minimum Gasteiger partial charge on any atom is -0.306 e. The van der Waals surface area contributed by atoms with Gasteiger partial charge in [-0.05, 0) is 36.4 Å². The van der Waals surface area contributed by atoms with E-state index in [1.54, 1.807) is 12.5 Å². The maximum atomic E-state index is 4.20. The average molecular weight is 248 g/mol.